The van der Waals surface area contributed by atoms with Crippen LogP contribution in [0.2, 0.25) is 0 Å². The predicted octanol–water partition coefficient (Wildman–Crippen LogP) is 4.20. The molecule has 0 aliphatic carbocycles. The number of hydrogen-bond donors (Lipinski definition) is 2. The second-order valence-corrected chi connectivity index (χ2v) is 10.5. The van der Waals surface area contributed by atoms with Gasteiger partial charge in [0.1, 0.15) is 22.7 Å². The number of phenols is 1. The summed E-state index contributed by atoms with van der Waals surface area (Å²) in [4.78, 5) is 6.03. The molecule has 3 atom stereocenters. The highest BCUT2D eigenvalue weighted by atomic mass is 19.3. The lowest BCUT2D eigenvalue weighted by Gasteiger charge is -2.45. The van der Waals surface area contributed by atoms with Crippen LogP contribution in [0, 0.1) is 41.1 Å². The maximum atomic E-state index is 16.0. The van der Waals surface area contributed by atoms with E-state index in [1.807, 2.05) is 4.90 Å². The highest BCUT2D eigenvalue weighted by Crippen LogP contribution is 2.40. The number of piperidine rings is 1. The smallest absolute Gasteiger partial charge is 0.250 e. The summed E-state index contributed by atoms with van der Waals surface area (Å²) in [6.07, 6.45) is 2.67. The largest absolute Gasteiger partial charge is 0.508 e. The fourth-order valence-electron chi connectivity index (χ4n) is 5.72. The van der Waals surface area contributed by atoms with Gasteiger partial charge in [0.2, 0.25) is 6.43 Å². The maximum absolute atomic E-state index is 16.0. The van der Waals surface area contributed by atoms with Gasteiger partial charge in [0.25, 0.3) is 6.35 Å². The van der Waals surface area contributed by atoms with Gasteiger partial charge in [-0.05, 0) is 49.7 Å². The SMILES string of the molecule is C#Cc1c(F)ccc2cc(O)cc(-c3c(F)cc4c(c3F)=NC(OC[C@]3(C)CN(C)CC[C@@H]3C(F)F)N(O)C=4)c12. The molecule has 6 nitrogen and oxygen atoms in total. The number of likely N-dealkylation sites (tertiary alicyclic amines) is 1. The zero-order valence-corrected chi connectivity index (χ0v) is 21.6. The summed E-state index contributed by atoms with van der Waals surface area (Å²) in [6.45, 7) is 2.24. The van der Waals surface area contributed by atoms with Crippen LogP contribution < -0.4 is 10.6 Å². The summed E-state index contributed by atoms with van der Waals surface area (Å²) >= 11 is 0. The van der Waals surface area contributed by atoms with E-state index in [9.17, 15) is 23.5 Å². The number of ether oxygens (including phenoxy) is 1. The van der Waals surface area contributed by atoms with E-state index in [4.69, 9.17) is 11.2 Å². The monoisotopic (exact) mass is 559 g/mol. The topological polar surface area (TPSA) is 68.5 Å². The van der Waals surface area contributed by atoms with Gasteiger partial charge < -0.3 is 14.7 Å². The van der Waals surface area contributed by atoms with Crippen LogP contribution in [-0.2, 0) is 4.74 Å². The molecule has 2 N–H and O–H groups in total. The van der Waals surface area contributed by atoms with Gasteiger partial charge in [0.15, 0.2) is 5.82 Å². The first-order valence-corrected chi connectivity index (χ1v) is 12.5. The number of hydroxylamine groups is 2. The van der Waals surface area contributed by atoms with Crippen molar-refractivity contribution >= 4 is 17.0 Å². The number of rotatable bonds is 5. The number of fused-ring (bicyclic) bond motifs is 2. The van der Waals surface area contributed by atoms with E-state index in [1.54, 1.807) is 14.0 Å². The van der Waals surface area contributed by atoms with E-state index in [-0.39, 0.29) is 51.3 Å². The lowest BCUT2D eigenvalue weighted by molar-refractivity contribution is -0.194. The summed E-state index contributed by atoms with van der Waals surface area (Å²) in [5.74, 6) is -2.12. The van der Waals surface area contributed by atoms with Crippen molar-refractivity contribution < 1.29 is 37.0 Å². The van der Waals surface area contributed by atoms with Crippen LogP contribution in [0.3, 0.4) is 0 Å². The summed E-state index contributed by atoms with van der Waals surface area (Å²) < 4.78 is 79.3. The molecule has 5 rings (SSSR count). The third-order valence-corrected chi connectivity index (χ3v) is 7.64. The minimum Gasteiger partial charge on any atom is -0.508 e. The van der Waals surface area contributed by atoms with Crippen molar-refractivity contribution in [1.29, 1.82) is 0 Å². The lowest BCUT2D eigenvalue weighted by Crippen LogP contribution is -2.52. The van der Waals surface area contributed by atoms with Crippen LogP contribution in [-0.4, -0.2) is 59.8 Å². The van der Waals surface area contributed by atoms with Gasteiger partial charge in [0.05, 0.1) is 17.7 Å². The molecule has 0 radical (unpaired) electrons. The average Bonchev–Trinajstić information content (AvgIpc) is 2.87. The second kappa shape index (κ2) is 10.4. The molecule has 40 heavy (non-hydrogen) atoms. The standard InChI is InChI=1S/C29H26F5N3O3/c1-4-18-21(30)6-5-15-9-17(38)11-19(23(15)18)24-22(31)10-16-12-37(39)28(35-26(16)25(24)32)40-14-29(2)13-36(3)8-7-20(29)27(33)34/h1,5-6,9-12,20,27-28,38-39H,7-8,13-14H2,2-3H3/t20-,28?,29+/m1/s1. The highest BCUT2D eigenvalue weighted by molar-refractivity contribution is 6.02. The first kappa shape index (κ1) is 27.8. The van der Waals surface area contributed by atoms with Crippen LogP contribution in [0.5, 0.6) is 5.75 Å². The Morgan fingerprint density at radius 3 is 2.65 bits per heavy atom. The minimum atomic E-state index is -2.58. The highest BCUT2D eigenvalue weighted by Gasteiger charge is 2.44. The molecular weight excluding hydrogens is 533 g/mol. The number of benzene rings is 3. The molecule has 11 heteroatoms. The Morgan fingerprint density at radius 2 is 1.95 bits per heavy atom. The molecule has 210 valence electrons. The van der Waals surface area contributed by atoms with Crippen LogP contribution in [0.25, 0.3) is 28.1 Å². The van der Waals surface area contributed by atoms with E-state index in [1.165, 1.54) is 12.1 Å². The van der Waals surface area contributed by atoms with Crippen molar-refractivity contribution in [2.45, 2.75) is 26.1 Å². The number of terminal acetylenes is 1. The number of phenolic OH excluding ortho intramolecular Hbond substituents is 1. The van der Waals surface area contributed by atoms with Crippen molar-refractivity contribution in [3.8, 4) is 29.2 Å². The normalized spacial score (nSPS) is 23.1. The van der Waals surface area contributed by atoms with Crippen molar-refractivity contribution in [3.63, 3.8) is 0 Å². The van der Waals surface area contributed by atoms with E-state index in [0.29, 0.717) is 18.2 Å². The van der Waals surface area contributed by atoms with E-state index in [2.05, 4.69) is 10.9 Å². The number of halogens is 5. The molecule has 3 aromatic carbocycles. The van der Waals surface area contributed by atoms with E-state index < -0.39 is 47.1 Å². The summed E-state index contributed by atoms with van der Waals surface area (Å²) in [5.41, 5.74) is -2.05. The van der Waals surface area contributed by atoms with Gasteiger partial charge in [0, 0.05) is 40.2 Å². The third kappa shape index (κ3) is 4.76. The Labute approximate surface area is 226 Å². The molecule has 1 unspecified atom stereocenters. The van der Waals surface area contributed by atoms with Gasteiger partial charge in [-0.2, -0.15) is 0 Å². The van der Waals surface area contributed by atoms with Gasteiger partial charge in [-0.15, -0.1) is 6.42 Å². The number of alkyl halides is 2. The van der Waals surface area contributed by atoms with E-state index in [0.717, 1.165) is 24.4 Å². The number of aromatic hydroxyl groups is 1. The zero-order chi connectivity index (χ0) is 28.9. The zero-order valence-electron chi connectivity index (χ0n) is 21.6. The van der Waals surface area contributed by atoms with Crippen LogP contribution in [0.1, 0.15) is 18.9 Å². The molecular formula is C29H26F5N3O3. The number of nitrogens with zero attached hydrogens (tertiary/aromatic N) is 3. The van der Waals surface area contributed by atoms with Crippen molar-refractivity contribution in [1.82, 2.24) is 9.96 Å². The van der Waals surface area contributed by atoms with Gasteiger partial charge in [-0.3, -0.25) is 5.21 Å². The molecule has 0 bridgehead atoms. The van der Waals surface area contributed by atoms with Gasteiger partial charge >= 0.3 is 0 Å². The van der Waals surface area contributed by atoms with Gasteiger partial charge in [-0.25, -0.2) is 32.0 Å². The molecule has 0 spiro atoms. The Hall–Kier alpha value is -3.72. The fourth-order valence-corrected chi connectivity index (χ4v) is 5.72. The lowest BCUT2D eigenvalue weighted by atomic mass is 9.73. The van der Waals surface area contributed by atoms with Crippen molar-refractivity contribution in [2.24, 2.45) is 16.3 Å². The molecule has 1 fully saturated rings. The number of hydrogen-bond acceptors (Lipinski definition) is 6. The first-order chi connectivity index (χ1) is 18.9. The first-order valence-electron chi connectivity index (χ1n) is 12.5. The van der Waals surface area contributed by atoms with E-state index >= 15 is 8.78 Å². The molecule has 2 aliphatic heterocycles. The Bertz CT molecular complexity index is 1660. The Balaban J connectivity index is 1.60. The third-order valence-electron chi connectivity index (χ3n) is 7.64. The fraction of sp³-hybridized carbons (Fsp3) is 0.345. The summed E-state index contributed by atoms with van der Waals surface area (Å²) in [6, 6.07) is 5.69. The van der Waals surface area contributed by atoms with Crippen molar-refractivity contribution in [3.05, 3.63) is 63.9 Å². The Morgan fingerprint density at radius 1 is 1.20 bits per heavy atom. The molecule has 0 amide bonds. The Kier molecular flexibility index (Phi) is 7.20. The summed E-state index contributed by atoms with van der Waals surface area (Å²) in [5, 5.41) is 21.0. The van der Waals surface area contributed by atoms with Crippen LogP contribution in [0.15, 0.2) is 35.3 Å². The molecule has 2 heterocycles. The van der Waals surface area contributed by atoms with Gasteiger partial charge in [-0.1, -0.05) is 18.9 Å². The molecule has 0 aromatic heterocycles. The van der Waals surface area contributed by atoms with Crippen LogP contribution in [0.4, 0.5) is 22.0 Å². The quantitative estimate of drug-likeness (QED) is 0.363. The van der Waals surface area contributed by atoms with Crippen LogP contribution >= 0.6 is 0 Å². The van der Waals surface area contributed by atoms with Crippen molar-refractivity contribution in [2.75, 3.05) is 26.7 Å². The second-order valence-electron chi connectivity index (χ2n) is 10.5. The molecule has 3 aromatic rings. The average molecular weight is 560 g/mol. The maximum Gasteiger partial charge on any atom is 0.250 e. The minimum absolute atomic E-state index is 0.0156. The predicted molar refractivity (Wildman–Crippen MR) is 137 cm³/mol. The molecule has 1 saturated heterocycles. The molecule has 2 aliphatic rings. The summed E-state index contributed by atoms with van der Waals surface area (Å²) in [7, 11) is 1.81. The molecule has 0 saturated carbocycles.